The first kappa shape index (κ1) is 10.7. The molecule has 0 amide bonds. The molecule has 1 heterocycles. The third kappa shape index (κ3) is 3.12. The number of hydrogen-bond donors (Lipinski definition) is 1. The van der Waals surface area contributed by atoms with Crippen molar-refractivity contribution < 1.29 is 5.11 Å². The summed E-state index contributed by atoms with van der Waals surface area (Å²) in [5.74, 6) is 0.662. The summed E-state index contributed by atoms with van der Waals surface area (Å²) in [6, 6.07) is 0. The molecule has 2 nitrogen and oxygen atoms in total. The largest absolute Gasteiger partial charge is 0.396 e. The zero-order valence-corrected chi connectivity index (χ0v) is 8.63. The van der Waals surface area contributed by atoms with Gasteiger partial charge in [-0.1, -0.05) is 19.1 Å². The summed E-state index contributed by atoms with van der Waals surface area (Å²) < 4.78 is 0. The number of nitrogens with zero attached hydrogens (tertiary/aromatic N) is 1. The van der Waals surface area contributed by atoms with E-state index < -0.39 is 0 Å². The van der Waals surface area contributed by atoms with Crippen molar-refractivity contribution in [2.75, 3.05) is 26.2 Å². The van der Waals surface area contributed by atoms with Crippen molar-refractivity contribution in [3.63, 3.8) is 0 Å². The highest BCUT2D eigenvalue weighted by Crippen LogP contribution is 2.24. The van der Waals surface area contributed by atoms with Gasteiger partial charge in [-0.2, -0.15) is 0 Å². The molecule has 0 aromatic heterocycles. The molecule has 76 valence electrons. The molecule has 13 heavy (non-hydrogen) atoms. The number of aliphatic hydroxyl groups excluding tert-OH is 1. The molecule has 1 N–H and O–H groups in total. The topological polar surface area (TPSA) is 23.5 Å². The highest BCUT2D eigenvalue weighted by molar-refractivity contribution is 5.02. The van der Waals surface area contributed by atoms with Crippen molar-refractivity contribution >= 4 is 0 Å². The first-order valence-electron chi connectivity index (χ1n) is 5.28. The average Bonchev–Trinajstić information content (AvgIpc) is 2.18. The minimum absolute atomic E-state index is 0.257. The Hall–Kier alpha value is -0.340. The van der Waals surface area contributed by atoms with Gasteiger partial charge in [0.1, 0.15) is 0 Å². The highest BCUT2D eigenvalue weighted by Gasteiger charge is 2.19. The van der Waals surface area contributed by atoms with Crippen molar-refractivity contribution in [3.8, 4) is 0 Å². The standard InChI is InChI=1S/C11H21NO/c1-3-12-7-4-11(5-8-12)10(2)6-9-13/h11,13H,2-9H2,1H3. The van der Waals surface area contributed by atoms with E-state index in [2.05, 4.69) is 18.4 Å². The number of rotatable bonds is 4. The zero-order valence-electron chi connectivity index (χ0n) is 8.63. The summed E-state index contributed by atoms with van der Waals surface area (Å²) in [7, 11) is 0. The molecule has 1 aliphatic rings. The third-order valence-electron chi connectivity index (χ3n) is 3.05. The van der Waals surface area contributed by atoms with Gasteiger partial charge in [0.05, 0.1) is 0 Å². The van der Waals surface area contributed by atoms with E-state index in [1.165, 1.54) is 38.0 Å². The summed E-state index contributed by atoms with van der Waals surface area (Å²) in [6.07, 6.45) is 3.25. The second kappa shape index (κ2) is 5.40. The van der Waals surface area contributed by atoms with E-state index in [1.54, 1.807) is 0 Å². The van der Waals surface area contributed by atoms with Crippen molar-refractivity contribution in [2.24, 2.45) is 5.92 Å². The Kier molecular flexibility index (Phi) is 4.46. The summed E-state index contributed by atoms with van der Waals surface area (Å²) in [6.45, 7) is 10.1. The minimum atomic E-state index is 0.257. The quantitative estimate of drug-likeness (QED) is 0.670. The molecule has 1 aliphatic heterocycles. The van der Waals surface area contributed by atoms with Crippen molar-refractivity contribution in [3.05, 3.63) is 12.2 Å². The van der Waals surface area contributed by atoms with Crippen LogP contribution in [0.5, 0.6) is 0 Å². The molecule has 0 aromatic rings. The lowest BCUT2D eigenvalue weighted by Gasteiger charge is -2.32. The minimum Gasteiger partial charge on any atom is -0.396 e. The summed E-state index contributed by atoms with van der Waals surface area (Å²) in [4.78, 5) is 2.47. The van der Waals surface area contributed by atoms with E-state index in [9.17, 15) is 0 Å². The lowest BCUT2D eigenvalue weighted by Crippen LogP contribution is -2.33. The Morgan fingerprint density at radius 1 is 1.46 bits per heavy atom. The number of aliphatic hydroxyl groups is 1. The van der Waals surface area contributed by atoms with Gasteiger partial charge in [0.25, 0.3) is 0 Å². The van der Waals surface area contributed by atoms with Crippen LogP contribution in [0.1, 0.15) is 26.2 Å². The van der Waals surface area contributed by atoms with Crippen LogP contribution in [0, 0.1) is 5.92 Å². The summed E-state index contributed by atoms with van der Waals surface area (Å²) >= 11 is 0. The molecular weight excluding hydrogens is 162 g/mol. The summed E-state index contributed by atoms with van der Waals surface area (Å²) in [5, 5.41) is 8.79. The Balaban J connectivity index is 2.28. The SMILES string of the molecule is C=C(CCO)C1CCN(CC)CC1. The van der Waals surface area contributed by atoms with Crippen molar-refractivity contribution in [2.45, 2.75) is 26.2 Å². The molecule has 0 atom stereocenters. The fourth-order valence-corrected chi connectivity index (χ4v) is 2.01. The fraction of sp³-hybridized carbons (Fsp3) is 0.818. The van der Waals surface area contributed by atoms with Crippen LogP contribution in [0.4, 0.5) is 0 Å². The van der Waals surface area contributed by atoms with Gasteiger partial charge in [-0.15, -0.1) is 0 Å². The molecule has 0 aromatic carbocycles. The van der Waals surface area contributed by atoms with Gasteiger partial charge in [0.15, 0.2) is 0 Å². The second-order valence-corrected chi connectivity index (χ2v) is 3.84. The second-order valence-electron chi connectivity index (χ2n) is 3.84. The maximum absolute atomic E-state index is 8.79. The van der Waals surface area contributed by atoms with Gasteiger partial charge in [0, 0.05) is 6.61 Å². The van der Waals surface area contributed by atoms with E-state index in [1.807, 2.05) is 0 Å². The van der Waals surface area contributed by atoms with Gasteiger partial charge in [-0.05, 0) is 44.8 Å². The Morgan fingerprint density at radius 2 is 2.08 bits per heavy atom. The van der Waals surface area contributed by atoms with Gasteiger partial charge in [-0.25, -0.2) is 0 Å². The molecule has 0 aliphatic carbocycles. The van der Waals surface area contributed by atoms with Crippen LogP contribution in [0.15, 0.2) is 12.2 Å². The molecule has 1 saturated heterocycles. The molecule has 0 saturated carbocycles. The van der Waals surface area contributed by atoms with Crippen molar-refractivity contribution in [1.82, 2.24) is 4.90 Å². The van der Waals surface area contributed by atoms with Crippen LogP contribution in [0.3, 0.4) is 0 Å². The maximum atomic E-state index is 8.79. The van der Waals surface area contributed by atoms with Gasteiger partial charge < -0.3 is 10.0 Å². The smallest absolute Gasteiger partial charge is 0.0468 e. The predicted octanol–water partition coefficient (Wildman–Crippen LogP) is 1.66. The molecule has 0 radical (unpaired) electrons. The Morgan fingerprint density at radius 3 is 2.54 bits per heavy atom. The molecular formula is C11H21NO. The first-order chi connectivity index (χ1) is 6.27. The molecule has 1 rings (SSSR count). The van der Waals surface area contributed by atoms with E-state index >= 15 is 0 Å². The third-order valence-corrected chi connectivity index (χ3v) is 3.05. The number of hydrogen-bond acceptors (Lipinski definition) is 2. The fourth-order valence-electron chi connectivity index (χ4n) is 2.01. The first-order valence-corrected chi connectivity index (χ1v) is 5.28. The zero-order chi connectivity index (χ0) is 9.68. The van der Waals surface area contributed by atoms with Gasteiger partial charge in [-0.3, -0.25) is 0 Å². The maximum Gasteiger partial charge on any atom is 0.0468 e. The average molecular weight is 183 g/mol. The lowest BCUT2D eigenvalue weighted by molar-refractivity contribution is 0.202. The van der Waals surface area contributed by atoms with Crippen LogP contribution in [-0.4, -0.2) is 36.2 Å². The van der Waals surface area contributed by atoms with Gasteiger partial charge in [0.2, 0.25) is 0 Å². The van der Waals surface area contributed by atoms with E-state index in [4.69, 9.17) is 5.11 Å². The molecule has 1 fully saturated rings. The Bertz CT molecular complexity index is 159. The van der Waals surface area contributed by atoms with Crippen LogP contribution < -0.4 is 0 Å². The van der Waals surface area contributed by atoms with Crippen LogP contribution >= 0.6 is 0 Å². The highest BCUT2D eigenvalue weighted by atomic mass is 16.2. The van der Waals surface area contributed by atoms with Gasteiger partial charge >= 0.3 is 0 Å². The number of likely N-dealkylation sites (tertiary alicyclic amines) is 1. The molecule has 0 unspecified atom stereocenters. The van der Waals surface area contributed by atoms with E-state index in [0.717, 1.165) is 6.42 Å². The normalized spacial score (nSPS) is 20.5. The van der Waals surface area contributed by atoms with E-state index in [0.29, 0.717) is 5.92 Å². The van der Waals surface area contributed by atoms with Crippen molar-refractivity contribution in [1.29, 1.82) is 0 Å². The molecule has 0 spiro atoms. The molecule has 2 heteroatoms. The predicted molar refractivity (Wildman–Crippen MR) is 55.7 cm³/mol. The number of piperidine rings is 1. The Labute approximate surface area is 81.2 Å². The van der Waals surface area contributed by atoms with Crippen LogP contribution in [0.25, 0.3) is 0 Å². The molecule has 0 bridgehead atoms. The summed E-state index contributed by atoms with van der Waals surface area (Å²) in [5.41, 5.74) is 1.25. The van der Waals surface area contributed by atoms with Crippen LogP contribution in [-0.2, 0) is 0 Å². The van der Waals surface area contributed by atoms with Crippen LogP contribution in [0.2, 0.25) is 0 Å². The monoisotopic (exact) mass is 183 g/mol. The van der Waals surface area contributed by atoms with E-state index in [-0.39, 0.29) is 6.61 Å². The lowest BCUT2D eigenvalue weighted by atomic mass is 9.88.